The first kappa shape index (κ1) is 38.1. The van der Waals surface area contributed by atoms with Gasteiger partial charge in [-0.05, 0) is 84.9 Å². The summed E-state index contributed by atoms with van der Waals surface area (Å²) in [5.41, 5.74) is 11.0. The molecule has 0 fully saturated rings. The number of hydrogen-bond donors (Lipinski definition) is 0. The molecule has 0 radical (unpaired) electrons. The smallest absolute Gasteiger partial charge is 0.134 e. The summed E-state index contributed by atoms with van der Waals surface area (Å²) in [6, 6.07) is 72.6. The molecule has 0 unspecified atom stereocenters. The van der Waals surface area contributed by atoms with Crippen LogP contribution in [0.25, 0.3) is 121 Å². The quantitative estimate of drug-likeness (QED) is 0.170. The number of rotatable bonds is 5. The van der Waals surface area contributed by atoms with E-state index in [4.69, 9.17) is 0 Å². The van der Waals surface area contributed by atoms with E-state index in [0.29, 0.717) is 22.5 Å². The van der Waals surface area contributed by atoms with Crippen LogP contribution in [0, 0.1) is 23.0 Å². The van der Waals surface area contributed by atoms with Gasteiger partial charge >= 0.3 is 0 Å². The van der Waals surface area contributed by atoms with Gasteiger partial charge in [-0.3, -0.25) is 0 Å². The average Bonchev–Trinajstić information content (AvgIpc) is 4.11. The van der Waals surface area contributed by atoms with Gasteiger partial charge in [-0.25, -0.2) is 8.78 Å². The summed E-state index contributed by atoms with van der Waals surface area (Å²) in [6.45, 7) is 0. The molecule has 0 saturated heterocycles. The van der Waals surface area contributed by atoms with Crippen molar-refractivity contribution < 1.29 is 8.78 Å². The third-order valence-electron chi connectivity index (χ3n) is 13.9. The second kappa shape index (κ2) is 14.4. The predicted molar refractivity (Wildman–Crippen MR) is 274 cm³/mol. The molecule has 68 heavy (non-hydrogen) atoms. The third-order valence-corrected chi connectivity index (χ3v) is 13.9. The Morgan fingerprint density at radius 1 is 0.338 bits per heavy atom. The van der Waals surface area contributed by atoms with Crippen LogP contribution in [-0.4, -0.2) is 18.3 Å². The number of hydrogen-bond acceptors (Lipinski definition) is 1. The molecule has 7 heteroatoms. The largest absolute Gasteiger partial charge is 0.309 e. The number of para-hydroxylation sites is 6. The Bertz CT molecular complexity index is 4450. The third kappa shape index (κ3) is 5.17. The van der Waals surface area contributed by atoms with Crippen LogP contribution in [0.4, 0.5) is 8.78 Å². The molecule has 318 valence electrons. The highest BCUT2D eigenvalue weighted by atomic mass is 19.1. The summed E-state index contributed by atoms with van der Waals surface area (Å²) >= 11 is 0. The summed E-state index contributed by atoms with van der Waals surface area (Å²) in [7, 11) is 0. The van der Waals surface area contributed by atoms with Gasteiger partial charge in [0.25, 0.3) is 0 Å². The lowest BCUT2D eigenvalue weighted by atomic mass is 9.98. The Balaban J connectivity index is 1.17. The molecule has 0 bridgehead atoms. The molecule has 0 atom stereocenters. The highest BCUT2D eigenvalue weighted by Gasteiger charge is 2.28. The van der Waals surface area contributed by atoms with E-state index in [1.807, 2.05) is 91.0 Å². The zero-order valence-electron chi connectivity index (χ0n) is 36.2. The van der Waals surface area contributed by atoms with Crippen molar-refractivity contribution in [2.75, 3.05) is 0 Å². The minimum absolute atomic E-state index is 0.176. The fourth-order valence-corrected chi connectivity index (χ4v) is 11.2. The first-order valence-corrected chi connectivity index (χ1v) is 22.6. The highest BCUT2D eigenvalue weighted by Crippen LogP contribution is 2.47. The van der Waals surface area contributed by atoms with E-state index in [1.165, 1.54) is 18.2 Å². The minimum Gasteiger partial charge on any atom is -0.309 e. The van der Waals surface area contributed by atoms with E-state index >= 15 is 8.78 Å². The lowest BCUT2D eigenvalue weighted by Gasteiger charge is -2.20. The number of nitrogens with zero attached hydrogens (tertiary/aromatic N) is 5. The van der Waals surface area contributed by atoms with E-state index in [2.05, 4.69) is 127 Å². The number of nitriles is 1. The second-order valence-corrected chi connectivity index (χ2v) is 17.4. The standard InChI is InChI=1S/C61H35F2N5/c62-47-24-15-25-48(63)57(47)46-35-55(67-49-26-11-7-20-40(49)42-30-32-53-58(60(42)67)44-22-9-13-28-51(44)65(53)38-16-3-1-4-17-38)37(36-64)34-56(46)68-50-27-12-8-21-41(50)43-31-33-54-59(61(43)68)45-23-10-14-29-52(45)66(54)39-18-5-2-6-19-39/h1-35H. The number of fused-ring (bicyclic) bond motifs is 14. The van der Waals surface area contributed by atoms with Crippen molar-refractivity contribution in [1.29, 1.82) is 5.26 Å². The fraction of sp³-hybridized carbons (Fsp3) is 0. The Morgan fingerprint density at radius 3 is 1.22 bits per heavy atom. The lowest BCUT2D eigenvalue weighted by molar-refractivity contribution is 0.589. The van der Waals surface area contributed by atoms with Crippen LogP contribution in [0.1, 0.15) is 5.56 Å². The van der Waals surface area contributed by atoms with E-state index in [1.54, 1.807) is 0 Å². The van der Waals surface area contributed by atoms with Gasteiger partial charge < -0.3 is 18.3 Å². The van der Waals surface area contributed by atoms with E-state index in [9.17, 15) is 5.26 Å². The Labute approximate surface area is 387 Å². The van der Waals surface area contributed by atoms with Crippen molar-refractivity contribution in [3.8, 4) is 39.9 Å². The predicted octanol–water partition coefficient (Wildman–Crippen LogP) is 15.9. The number of aromatic nitrogens is 4. The van der Waals surface area contributed by atoms with Gasteiger partial charge in [0.2, 0.25) is 0 Å². The van der Waals surface area contributed by atoms with E-state index < -0.39 is 11.6 Å². The van der Waals surface area contributed by atoms with Crippen LogP contribution in [0.2, 0.25) is 0 Å². The van der Waals surface area contributed by atoms with Gasteiger partial charge in [0.05, 0.1) is 66.6 Å². The monoisotopic (exact) mass is 875 g/mol. The van der Waals surface area contributed by atoms with Crippen molar-refractivity contribution in [2.24, 2.45) is 0 Å². The van der Waals surface area contributed by atoms with E-state index in [0.717, 1.165) is 98.6 Å². The molecule has 4 aromatic heterocycles. The van der Waals surface area contributed by atoms with E-state index in [-0.39, 0.29) is 5.56 Å². The molecule has 0 spiro atoms. The molecule has 0 amide bonds. The molecule has 0 aliphatic rings. The molecule has 0 aliphatic heterocycles. The molecular weight excluding hydrogens is 841 g/mol. The SMILES string of the molecule is N#Cc1cc(-n2c3ccccc3c3ccc4c(c5ccccc5n4-c4ccccc4)c32)c(-c2c(F)cccc2F)cc1-n1c2ccccc2c2ccc3c(c4ccccc4n3-c3ccccc3)c21. The van der Waals surface area contributed by atoms with Crippen LogP contribution in [0.5, 0.6) is 0 Å². The molecular formula is C61H35F2N5. The van der Waals surface area contributed by atoms with Gasteiger partial charge in [-0.1, -0.05) is 127 Å². The minimum atomic E-state index is -0.705. The van der Waals surface area contributed by atoms with Crippen LogP contribution in [0.15, 0.2) is 212 Å². The van der Waals surface area contributed by atoms with Crippen LogP contribution < -0.4 is 0 Å². The van der Waals surface area contributed by atoms with Gasteiger partial charge in [0.1, 0.15) is 17.7 Å². The fourth-order valence-electron chi connectivity index (χ4n) is 11.2. The molecule has 14 aromatic rings. The van der Waals surface area contributed by atoms with Crippen molar-refractivity contribution >= 4 is 87.2 Å². The number of benzene rings is 10. The van der Waals surface area contributed by atoms with Crippen LogP contribution in [0.3, 0.4) is 0 Å². The Hall–Kier alpha value is -9.25. The van der Waals surface area contributed by atoms with Crippen molar-refractivity contribution in [2.45, 2.75) is 0 Å². The van der Waals surface area contributed by atoms with Crippen LogP contribution >= 0.6 is 0 Å². The topological polar surface area (TPSA) is 43.5 Å². The van der Waals surface area contributed by atoms with Crippen molar-refractivity contribution in [3.05, 3.63) is 230 Å². The maximum absolute atomic E-state index is 16.8. The molecule has 4 heterocycles. The maximum atomic E-state index is 16.8. The zero-order valence-corrected chi connectivity index (χ0v) is 36.2. The summed E-state index contributed by atoms with van der Waals surface area (Å²) in [4.78, 5) is 0. The first-order chi connectivity index (χ1) is 33.6. The molecule has 10 aromatic carbocycles. The van der Waals surface area contributed by atoms with Crippen molar-refractivity contribution in [3.63, 3.8) is 0 Å². The summed E-state index contributed by atoms with van der Waals surface area (Å²) in [5, 5.41) is 19.5. The van der Waals surface area contributed by atoms with Gasteiger partial charge in [0, 0.05) is 60.0 Å². The first-order valence-electron chi connectivity index (χ1n) is 22.6. The van der Waals surface area contributed by atoms with Gasteiger partial charge in [-0.15, -0.1) is 0 Å². The normalized spacial score (nSPS) is 12.0. The van der Waals surface area contributed by atoms with Crippen LogP contribution in [-0.2, 0) is 0 Å². The molecule has 0 saturated carbocycles. The number of halogens is 2. The summed E-state index contributed by atoms with van der Waals surface area (Å²) < 4.78 is 42.4. The second-order valence-electron chi connectivity index (χ2n) is 17.4. The summed E-state index contributed by atoms with van der Waals surface area (Å²) in [5.74, 6) is -1.41. The Kier molecular flexibility index (Phi) is 8.05. The van der Waals surface area contributed by atoms with Gasteiger partial charge in [-0.2, -0.15) is 5.26 Å². The van der Waals surface area contributed by atoms with Crippen molar-refractivity contribution in [1.82, 2.24) is 18.3 Å². The maximum Gasteiger partial charge on any atom is 0.134 e. The summed E-state index contributed by atoms with van der Waals surface area (Å²) in [6.07, 6.45) is 0. The zero-order chi connectivity index (χ0) is 45.2. The Morgan fingerprint density at radius 2 is 0.750 bits per heavy atom. The van der Waals surface area contributed by atoms with Gasteiger partial charge in [0.15, 0.2) is 0 Å². The molecule has 5 nitrogen and oxygen atoms in total. The average molecular weight is 876 g/mol. The highest BCUT2D eigenvalue weighted by molar-refractivity contribution is 6.28. The lowest BCUT2D eigenvalue weighted by Crippen LogP contribution is -2.05. The molecule has 0 aliphatic carbocycles. The molecule has 0 N–H and O–H groups in total. The molecule has 14 rings (SSSR count).